The van der Waals surface area contributed by atoms with Crippen molar-refractivity contribution in [2.75, 3.05) is 4.90 Å². The molecule has 7 rings (SSSR count). The van der Waals surface area contributed by atoms with Gasteiger partial charge in [-0.1, -0.05) is 66.0 Å². The van der Waals surface area contributed by atoms with Crippen molar-refractivity contribution in [2.24, 2.45) is 0 Å². The zero-order valence-corrected chi connectivity index (χ0v) is 23.4. The monoisotopic (exact) mass is 698 g/mol. The molecule has 0 saturated carbocycles. The smallest absolute Gasteiger partial charge is 0.325 e. The summed E-state index contributed by atoms with van der Waals surface area (Å²) in [7, 11) is 0. The summed E-state index contributed by atoms with van der Waals surface area (Å²) in [5.41, 5.74) is 4.96. The molecule has 0 N–H and O–H groups in total. The molecule has 7 heteroatoms. The Morgan fingerprint density at radius 2 is 1.05 bits per heavy atom. The van der Waals surface area contributed by atoms with E-state index < -0.39 is 0 Å². The molecular formula is C33H21N5OPt. The number of amides is 1. The molecule has 194 valence electrons. The van der Waals surface area contributed by atoms with Gasteiger partial charge in [-0.25, -0.2) is 0 Å². The van der Waals surface area contributed by atoms with Gasteiger partial charge in [-0.05, 0) is 35.6 Å². The first-order valence-corrected chi connectivity index (χ1v) is 12.6. The summed E-state index contributed by atoms with van der Waals surface area (Å²) < 4.78 is 3.57. The van der Waals surface area contributed by atoms with Crippen LogP contribution in [0, 0.1) is 12.1 Å². The normalized spacial score (nSPS) is 10.9. The maximum absolute atomic E-state index is 14.0. The maximum Gasteiger partial charge on any atom is 2.00 e. The van der Waals surface area contributed by atoms with Gasteiger partial charge in [0.15, 0.2) is 0 Å². The standard InChI is InChI=1S/C33H21N5O.Pt/c39-33(24-10-2-1-3-11-24)38(29-16-8-14-27(20-29)36-22-25-12-4-6-18-31(25)34-36)30-17-9-15-28(21-30)37-23-26-13-5-7-19-32(26)35-37;/h1-19,22-23H;/q-2;+2. The number of hydrogen-bond donors (Lipinski definition) is 0. The van der Waals surface area contributed by atoms with Gasteiger partial charge in [-0.15, -0.1) is 36.4 Å². The van der Waals surface area contributed by atoms with Crippen LogP contribution in [0.2, 0.25) is 0 Å². The van der Waals surface area contributed by atoms with Crippen molar-refractivity contribution < 1.29 is 25.9 Å². The Bertz CT molecular complexity index is 1780. The minimum Gasteiger partial charge on any atom is -0.325 e. The van der Waals surface area contributed by atoms with Gasteiger partial charge in [-0.3, -0.25) is 14.2 Å². The average molecular weight is 699 g/mol. The molecule has 0 saturated heterocycles. The van der Waals surface area contributed by atoms with E-state index in [0.29, 0.717) is 16.9 Å². The Hall–Kier alpha value is -4.80. The second-order valence-electron chi connectivity index (χ2n) is 9.11. The van der Waals surface area contributed by atoms with E-state index in [-0.39, 0.29) is 27.0 Å². The molecule has 0 aliphatic rings. The van der Waals surface area contributed by atoms with E-state index in [9.17, 15) is 4.79 Å². The summed E-state index contributed by atoms with van der Waals surface area (Å²) >= 11 is 0. The fraction of sp³-hybridized carbons (Fsp3) is 0. The molecule has 2 aromatic heterocycles. The third kappa shape index (κ3) is 4.74. The Morgan fingerprint density at radius 3 is 1.55 bits per heavy atom. The first kappa shape index (κ1) is 25.5. The molecule has 0 bridgehead atoms. The van der Waals surface area contributed by atoms with Crippen LogP contribution in [0.3, 0.4) is 0 Å². The quantitative estimate of drug-likeness (QED) is 0.183. The third-order valence-electron chi connectivity index (χ3n) is 6.56. The number of rotatable bonds is 5. The van der Waals surface area contributed by atoms with E-state index in [0.717, 1.165) is 33.2 Å². The molecule has 0 radical (unpaired) electrons. The van der Waals surface area contributed by atoms with Gasteiger partial charge in [0.05, 0.1) is 11.0 Å². The maximum atomic E-state index is 14.0. The number of aromatic nitrogens is 4. The minimum atomic E-state index is -0.186. The van der Waals surface area contributed by atoms with Crippen molar-refractivity contribution in [1.29, 1.82) is 0 Å². The SMILES string of the molecule is O=C(c1ccccc1)N(c1[c-]c(-n2cc3ccccc3n2)ccc1)c1[c-]c(-n2cc3ccccc3n2)ccc1.[Pt+2]. The molecule has 0 fully saturated rings. The number of hydrogen-bond acceptors (Lipinski definition) is 3. The van der Waals surface area contributed by atoms with E-state index in [4.69, 9.17) is 10.2 Å². The number of anilines is 2. The zero-order valence-electron chi connectivity index (χ0n) is 21.1. The van der Waals surface area contributed by atoms with Crippen LogP contribution >= 0.6 is 0 Å². The van der Waals surface area contributed by atoms with Gasteiger partial charge >= 0.3 is 21.1 Å². The fourth-order valence-electron chi connectivity index (χ4n) is 4.65. The van der Waals surface area contributed by atoms with Crippen molar-refractivity contribution >= 4 is 39.1 Å². The van der Waals surface area contributed by atoms with Crippen LogP contribution in [0.15, 0.2) is 128 Å². The molecular weight excluding hydrogens is 677 g/mol. The number of fused-ring (bicyclic) bond motifs is 2. The van der Waals surface area contributed by atoms with E-state index in [1.807, 2.05) is 128 Å². The van der Waals surface area contributed by atoms with Crippen LogP contribution in [0.4, 0.5) is 11.4 Å². The van der Waals surface area contributed by atoms with Gasteiger partial charge in [-0.2, -0.15) is 22.3 Å². The summed E-state index contributed by atoms with van der Waals surface area (Å²) in [6.45, 7) is 0. The number of benzene rings is 5. The third-order valence-corrected chi connectivity index (χ3v) is 6.56. The van der Waals surface area contributed by atoms with Crippen LogP contribution in [-0.2, 0) is 21.1 Å². The molecule has 40 heavy (non-hydrogen) atoms. The first-order valence-electron chi connectivity index (χ1n) is 12.6. The van der Waals surface area contributed by atoms with Crippen molar-refractivity contribution in [3.05, 3.63) is 145 Å². The predicted molar refractivity (Wildman–Crippen MR) is 153 cm³/mol. The van der Waals surface area contributed by atoms with Crippen molar-refractivity contribution in [3.8, 4) is 11.4 Å². The minimum absolute atomic E-state index is 0. The van der Waals surface area contributed by atoms with Crippen molar-refractivity contribution in [2.45, 2.75) is 0 Å². The topological polar surface area (TPSA) is 56.0 Å². The van der Waals surface area contributed by atoms with E-state index in [2.05, 4.69) is 12.1 Å². The Morgan fingerprint density at radius 1 is 0.575 bits per heavy atom. The molecule has 0 aliphatic carbocycles. The summed E-state index contributed by atoms with van der Waals surface area (Å²) in [5, 5.41) is 11.5. The molecule has 0 atom stereocenters. The van der Waals surface area contributed by atoms with Crippen LogP contribution in [0.1, 0.15) is 10.4 Å². The van der Waals surface area contributed by atoms with E-state index in [1.54, 1.807) is 14.3 Å². The molecule has 1 amide bonds. The van der Waals surface area contributed by atoms with E-state index in [1.165, 1.54) is 0 Å². The molecule has 0 unspecified atom stereocenters. The molecule has 2 heterocycles. The van der Waals surface area contributed by atoms with Crippen LogP contribution in [0.5, 0.6) is 0 Å². The molecule has 0 spiro atoms. The van der Waals surface area contributed by atoms with Gasteiger partial charge in [0, 0.05) is 28.7 Å². The number of carbonyl (C=O) groups is 1. The fourth-order valence-corrected chi connectivity index (χ4v) is 4.65. The summed E-state index contributed by atoms with van der Waals surface area (Å²) in [5.74, 6) is -0.186. The predicted octanol–water partition coefficient (Wildman–Crippen LogP) is 6.94. The van der Waals surface area contributed by atoms with Crippen molar-refractivity contribution in [1.82, 2.24) is 19.6 Å². The second-order valence-corrected chi connectivity index (χ2v) is 9.11. The van der Waals surface area contributed by atoms with Crippen LogP contribution < -0.4 is 4.90 Å². The molecule has 5 aromatic carbocycles. The summed E-state index contributed by atoms with van der Waals surface area (Å²) in [6, 6.07) is 43.4. The van der Waals surface area contributed by atoms with Gasteiger partial charge in [0.2, 0.25) is 0 Å². The molecule has 6 nitrogen and oxygen atoms in total. The summed E-state index contributed by atoms with van der Waals surface area (Å²) in [6.07, 6.45) is 3.92. The Kier molecular flexibility index (Phi) is 6.85. The second kappa shape index (κ2) is 10.8. The average Bonchev–Trinajstić information content (AvgIpc) is 3.63. The zero-order chi connectivity index (χ0) is 26.2. The van der Waals surface area contributed by atoms with Crippen LogP contribution in [-0.4, -0.2) is 25.5 Å². The van der Waals surface area contributed by atoms with Gasteiger partial charge in [0.1, 0.15) is 0 Å². The molecule has 7 aromatic rings. The van der Waals surface area contributed by atoms with Crippen LogP contribution in [0.25, 0.3) is 33.2 Å². The number of nitrogens with zero attached hydrogens (tertiary/aromatic N) is 5. The Labute approximate surface area is 245 Å². The Balaban J connectivity index is 0.00000289. The molecule has 0 aliphatic heterocycles. The summed E-state index contributed by atoms with van der Waals surface area (Å²) in [4.78, 5) is 15.6. The van der Waals surface area contributed by atoms with E-state index >= 15 is 0 Å². The van der Waals surface area contributed by atoms with Gasteiger partial charge in [0.25, 0.3) is 5.91 Å². The first-order chi connectivity index (χ1) is 19.2. The number of carbonyl (C=O) groups excluding carboxylic acids is 1. The van der Waals surface area contributed by atoms with Gasteiger partial charge < -0.3 is 4.90 Å². The van der Waals surface area contributed by atoms with Crippen molar-refractivity contribution in [3.63, 3.8) is 0 Å². The largest absolute Gasteiger partial charge is 2.00 e.